The highest BCUT2D eigenvalue weighted by molar-refractivity contribution is 9.10. The molecular formula is C48H42Br2ClF4N5O7. The molecule has 67 heavy (non-hydrogen) atoms. The number of hydrogen-bond donors (Lipinski definition) is 2. The normalized spacial score (nSPS) is 15.3. The molecule has 3 aliphatic heterocycles. The quantitative estimate of drug-likeness (QED) is 0.121. The molecule has 0 spiro atoms. The molecule has 2 amide bonds. The van der Waals surface area contributed by atoms with Gasteiger partial charge in [-0.15, -0.1) is 12.4 Å². The van der Waals surface area contributed by atoms with Crippen LogP contribution >= 0.6 is 44.3 Å². The highest BCUT2D eigenvalue weighted by Crippen LogP contribution is 2.40. The van der Waals surface area contributed by atoms with E-state index in [4.69, 9.17) is 20.9 Å². The van der Waals surface area contributed by atoms with E-state index in [1.165, 1.54) is 21.9 Å². The summed E-state index contributed by atoms with van der Waals surface area (Å²) in [5.74, 6) is -6.27. The first-order valence-corrected chi connectivity index (χ1v) is 22.0. The number of rotatable bonds is 6. The summed E-state index contributed by atoms with van der Waals surface area (Å²) in [7, 11) is 0. The van der Waals surface area contributed by atoms with Crippen LogP contribution in [0.5, 0.6) is 0 Å². The van der Waals surface area contributed by atoms with Crippen molar-refractivity contribution in [3.05, 3.63) is 195 Å². The van der Waals surface area contributed by atoms with Gasteiger partial charge in [-0.2, -0.15) is 17.6 Å². The minimum atomic E-state index is -3.12. The topological polar surface area (TPSA) is 166 Å². The van der Waals surface area contributed by atoms with Crippen molar-refractivity contribution >= 4 is 73.6 Å². The van der Waals surface area contributed by atoms with Crippen molar-refractivity contribution < 1.29 is 41.4 Å². The van der Waals surface area contributed by atoms with Crippen LogP contribution in [0.2, 0.25) is 0 Å². The van der Waals surface area contributed by atoms with Crippen LogP contribution in [0.3, 0.4) is 0 Å². The average Bonchev–Trinajstić information content (AvgIpc) is 3.30. The van der Waals surface area contributed by atoms with Gasteiger partial charge in [0.25, 0.3) is 22.7 Å². The fourth-order valence-electron chi connectivity index (χ4n) is 7.72. The summed E-state index contributed by atoms with van der Waals surface area (Å²) in [6.07, 6.45) is -1.21. The SMILES string of the molecule is Cl.NCc1ccc2c(c1)CN(c1c(N)c(=O)c1=O)CC2(F)F.O=C(OCc1ccccc1)N1Cc2cc(Br)ccc2C(F)(F)C1.O=C1CN(C(=O)OCc2ccccc2)Cc2cc(Br)ccc21. The summed E-state index contributed by atoms with van der Waals surface area (Å²) >= 11 is 6.65. The Morgan fingerprint density at radius 1 is 0.597 bits per heavy atom. The van der Waals surface area contributed by atoms with E-state index in [9.17, 15) is 41.5 Å². The van der Waals surface area contributed by atoms with E-state index in [-0.39, 0.29) is 80.1 Å². The third-order valence-corrected chi connectivity index (χ3v) is 12.0. The molecule has 19 heteroatoms. The maximum absolute atomic E-state index is 14.2. The molecule has 0 bridgehead atoms. The van der Waals surface area contributed by atoms with E-state index in [1.807, 2.05) is 72.8 Å². The van der Waals surface area contributed by atoms with Gasteiger partial charge in [0.05, 0.1) is 26.2 Å². The Morgan fingerprint density at radius 3 is 1.69 bits per heavy atom. The predicted octanol–water partition coefficient (Wildman–Crippen LogP) is 9.33. The molecule has 6 aromatic carbocycles. The Kier molecular flexibility index (Phi) is 16.0. The molecule has 0 radical (unpaired) electrons. The molecule has 350 valence electrons. The number of halogens is 7. The molecule has 6 aromatic rings. The van der Waals surface area contributed by atoms with E-state index < -0.39 is 48.0 Å². The van der Waals surface area contributed by atoms with Crippen molar-refractivity contribution in [1.82, 2.24) is 9.80 Å². The number of benzene rings is 5. The van der Waals surface area contributed by atoms with Gasteiger partial charge in [-0.05, 0) is 63.7 Å². The standard InChI is InChI=1S/C17H14BrF2NO2.C17H14BrNO3.C14H13F2N3O2.ClH/c18-14-6-7-15-13(8-14)9-21(11-17(15,19)20)16(22)23-10-12-4-2-1-3-5-12;18-14-6-7-15-13(8-14)9-19(10-16(15)20)17(21)22-11-12-4-2-1-3-5-12;15-14(16)6-19(11-10(18)12(20)13(11)21)5-8-3-7(4-17)1-2-9(8)14;/h1-8H,9-11H2;1-8H,9-11H2;1-3H,4-6,17-18H2;1H. The van der Waals surface area contributed by atoms with E-state index in [0.717, 1.165) is 31.6 Å². The van der Waals surface area contributed by atoms with Gasteiger partial charge in [0, 0.05) is 45.3 Å². The summed E-state index contributed by atoms with van der Waals surface area (Å²) in [6.45, 7) is -0.182. The smallest absolute Gasteiger partial charge is 0.410 e. The number of anilines is 2. The van der Waals surface area contributed by atoms with Crippen LogP contribution in [0.15, 0.2) is 134 Å². The van der Waals surface area contributed by atoms with E-state index in [1.54, 1.807) is 30.3 Å². The highest BCUT2D eigenvalue weighted by atomic mass is 79.9. The van der Waals surface area contributed by atoms with Gasteiger partial charge in [0.15, 0.2) is 5.78 Å². The minimum absolute atomic E-state index is 0. The first-order chi connectivity index (χ1) is 31.4. The Bertz CT molecular complexity index is 2850. The Morgan fingerprint density at radius 2 is 1.10 bits per heavy atom. The number of Topliss-reactive ketones (excluding diaryl/α,β-unsaturated/α-hetero) is 1. The van der Waals surface area contributed by atoms with Crippen LogP contribution in [0.4, 0.5) is 38.5 Å². The van der Waals surface area contributed by atoms with Gasteiger partial charge in [-0.25, -0.2) is 9.59 Å². The largest absolute Gasteiger partial charge is 0.445 e. The number of carbonyl (C=O) groups excluding carboxylic acids is 3. The molecule has 0 saturated heterocycles. The second kappa shape index (κ2) is 21.3. The number of nitrogens with two attached hydrogens (primary N) is 2. The summed E-state index contributed by atoms with van der Waals surface area (Å²) in [6, 6.07) is 33.2. The molecule has 0 unspecified atom stereocenters. The summed E-state index contributed by atoms with van der Waals surface area (Å²) in [4.78, 5) is 62.7. The van der Waals surface area contributed by atoms with Gasteiger partial charge < -0.3 is 25.8 Å². The fourth-order valence-corrected chi connectivity index (χ4v) is 8.54. The van der Waals surface area contributed by atoms with Gasteiger partial charge in [0.1, 0.15) is 24.6 Å². The Hall–Kier alpha value is -6.08. The van der Waals surface area contributed by atoms with Gasteiger partial charge >= 0.3 is 12.2 Å². The molecule has 0 atom stereocenters. The number of nitrogens with zero attached hydrogens (tertiary/aromatic N) is 3. The highest BCUT2D eigenvalue weighted by Gasteiger charge is 2.43. The van der Waals surface area contributed by atoms with Crippen molar-refractivity contribution in [2.75, 3.05) is 30.3 Å². The zero-order valence-corrected chi connectivity index (χ0v) is 39.4. The first-order valence-electron chi connectivity index (χ1n) is 20.4. The number of hydrogen-bond acceptors (Lipinski definition) is 10. The molecule has 12 nitrogen and oxygen atoms in total. The number of nitrogen functional groups attached to an aromatic ring is 1. The van der Waals surface area contributed by atoms with Crippen molar-refractivity contribution in [3.63, 3.8) is 0 Å². The molecule has 0 aromatic heterocycles. The van der Waals surface area contributed by atoms with E-state index in [0.29, 0.717) is 27.7 Å². The zero-order chi connectivity index (χ0) is 47.3. The number of ether oxygens (including phenoxy) is 2. The lowest BCUT2D eigenvalue weighted by atomic mass is 9.93. The molecule has 0 saturated carbocycles. The number of ketones is 1. The maximum Gasteiger partial charge on any atom is 0.410 e. The summed E-state index contributed by atoms with van der Waals surface area (Å²) < 4.78 is 68.9. The summed E-state index contributed by atoms with van der Waals surface area (Å²) in [5.41, 5.74) is 13.7. The van der Waals surface area contributed by atoms with Crippen LogP contribution in [0.25, 0.3) is 0 Å². The van der Waals surface area contributed by atoms with Crippen molar-refractivity contribution in [1.29, 1.82) is 0 Å². The number of alkyl halides is 4. The lowest BCUT2D eigenvalue weighted by Crippen LogP contribution is -2.48. The van der Waals surface area contributed by atoms with Crippen LogP contribution in [-0.4, -0.2) is 47.4 Å². The fraction of sp³-hybridized carbons (Fsp3) is 0.229. The first kappa shape index (κ1) is 50.3. The third-order valence-electron chi connectivity index (χ3n) is 11.0. The monoisotopic (exact) mass is 1070 g/mol. The molecular weight excluding hydrogens is 1030 g/mol. The average molecular weight is 1070 g/mol. The van der Waals surface area contributed by atoms with Crippen LogP contribution in [0, 0.1) is 0 Å². The van der Waals surface area contributed by atoms with Gasteiger partial charge in [0.2, 0.25) is 0 Å². The molecule has 9 rings (SSSR count). The number of carbonyl (C=O) groups is 3. The zero-order valence-electron chi connectivity index (χ0n) is 35.4. The number of amides is 2. The predicted molar refractivity (Wildman–Crippen MR) is 253 cm³/mol. The maximum atomic E-state index is 14.2. The van der Waals surface area contributed by atoms with Crippen LogP contribution in [0.1, 0.15) is 54.9 Å². The number of fused-ring (bicyclic) bond motifs is 3. The Balaban J connectivity index is 0.000000165. The van der Waals surface area contributed by atoms with Crippen molar-refractivity contribution in [2.24, 2.45) is 5.73 Å². The lowest BCUT2D eigenvalue weighted by Gasteiger charge is -2.36. The van der Waals surface area contributed by atoms with E-state index in [2.05, 4.69) is 31.9 Å². The molecule has 3 heterocycles. The van der Waals surface area contributed by atoms with Gasteiger partial charge in [-0.3, -0.25) is 24.2 Å². The van der Waals surface area contributed by atoms with Crippen molar-refractivity contribution in [2.45, 2.75) is 51.2 Å². The molecule has 3 aliphatic rings. The van der Waals surface area contributed by atoms with E-state index >= 15 is 0 Å². The second-order valence-electron chi connectivity index (χ2n) is 15.7. The van der Waals surface area contributed by atoms with Gasteiger partial charge in [-0.1, -0.05) is 117 Å². The second-order valence-corrected chi connectivity index (χ2v) is 17.5. The third kappa shape index (κ3) is 11.7. The van der Waals surface area contributed by atoms with Crippen LogP contribution in [-0.2, 0) is 60.7 Å². The summed E-state index contributed by atoms with van der Waals surface area (Å²) in [5, 5.41) is 0. The Labute approximate surface area is 404 Å². The molecule has 0 fully saturated rings. The van der Waals surface area contributed by atoms with Crippen molar-refractivity contribution in [3.8, 4) is 0 Å². The molecule has 4 N–H and O–H groups in total. The lowest BCUT2D eigenvalue weighted by molar-refractivity contribution is -0.0504. The minimum Gasteiger partial charge on any atom is -0.445 e. The van der Waals surface area contributed by atoms with Crippen LogP contribution < -0.4 is 27.2 Å². The molecule has 0 aliphatic carbocycles.